The first kappa shape index (κ1) is 19.1. The molecule has 9 heteroatoms. The third kappa shape index (κ3) is 3.70. The van der Waals surface area contributed by atoms with Crippen LogP contribution in [0.25, 0.3) is 0 Å². The van der Waals surface area contributed by atoms with Crippen LogP contribution in [0.2, 0.25) is 0 Å². The molecule has 2 heterocycles. The van der Waals surface area contributed by atoms with E-state index < -0.39 is 21.1 Å². The van der Waals surface area contributed by atoms with E-state index in [-0.39, 0.29) is 16.5 Å². The number of sulfonamides is 1. The monoisotopic (exact) mass is 383 g/mol. The van der Waals surface area contributed by atoms with Gasteiger partial charge in [0.05, 0.1) is 15.9 Å². The van der Waals surface area contributed by atoms with Crippen molar-refractivity contribution in [2.45, 2.75) is 43.6 Å². The van der Waals surface area contributed by atoms with Crippen LogP contribution in [-0.4, -0.2) is 55.0 Å². The Bertz CT molecular complexity index is 777. The van der Waals surface area contributed by atoms with Crippen LogP contribution in [0.4, 0.5) is 11.4 Å². The lowest BCUT2D eigenvalue weighted by molar-refractivity contribution is -0.384. The number of nitrogens with zero attached hydrogens (tertiary/aromatic N) is 3. The van der Waals surface area contributed by atoms with Gasteiger partial charge in [-0.15, -0.1) is 0 Å². The Morgan fingerprint density at radius 2 is 1.88 bits per heavy atom. The lowest BCUT2D eigenvalue weighted by Gasteiger charge is -2.35. The summed E-state index contributed by atoms with van der Waals surface area (Å²) in [6.45, 7) is 3.75. The van der Waals surface area contributed by atoms with Crippen molar-refractivity contribution < 1.29 is 18.4 Å². The Labute approximate surface area is 153 Å². The second kappa shape index (κ2) is 7.50. The SMILES string of the molecule is CC1CCN(c2ccc(S(=O)(=O)N3CCCCC3)cc2[N+](=O)[O-])CC1O. The molecule has 2 unspecified atom stereocenters. The van der Waals surface area contributed by atoms with Crippen LogP contribution < -0.4 is 4.90 Å². The summed E-state index contributed by atoms with van der Waals surface area (Å²) in [6.07, 6.45) is 2.79. The number of nitro benzene ring substituents is 1. The average molecular weight is 383 g/mol. The number of benzene rings is 1. The molecule has 0 spiro atoms. The van der Waals surface area contributed by atoms with E-state index in [1.165, 1.54) is 16.4 Å². The van der Waals surface area contributed by atoms with Gasteiger partial charge in [-0.3, -0.25) is 10.1 Å². The van der Waals surface area contributed by atoms with Gasteiger partial charge < -0.3 is 10.0 Å². The molecule has 2 atom stereocenters. The second-order valence-corrected chi connectivity index (χ2v) is 9.09. The van der Waals surface area contributed by atoms with Gasteiger partial charge in [0.2, 0.25) is 10.0 Å². The molecule has 144 valence electrons. The molecule has 26 heavy (non-hydrogen) atoms. The maximum atomic E-state index is 12.8. The van der Waals surface area contributed by atoms with Crippen LogP contribution in [0.15, 0.2) is 23.1 Å². The lowest BCUT2D eigenvalue weighted by Crippen LogP contribution is -2.43. The maximum absolute atomic E-state index is 12.8. The van der Waals surface area contributed by atoms with Crippen molar-refractivity contribution in [3.8, 4) is 0 Å². The fourth-order valence-corrected chi connectivity index (χ4v) is 5.14. The quantitative estimate of drug-likeness (QED) is 0.630. The number of anilines is 1. The molecule has 2 aliphatic heterocycles. The maximum Gasteiger partial charge on any atom is 0.293 e. The molecule has 0 bridgehead atoms. The number of nitro groups is 1. The summed E-state index contributed by atoms with van der Waals surface area (Å²) >= 11 is 0. The van der Waals surface area contributed by atoms with Gasteiger partial charge in [-0.1, -0.05) is 13.3 Å². The first-order chi connectivity index (χ1) is 12.3. The zero-order valence-electron chi connectivity index (χ0n) is 14.9. The number of rotatable bonds is 4. The van der Waals surface area contributed by atoms with Crippen LogP contribution in [0.5, 0.6) is 0 Å². The molecule has 0 aliphatic carbocycles. The molecule has 0 saturated carbocycles. The van der Waals surface area contributed by atoms with Crippen LogP contribution in [0.1, 0.15) is 32.6 Å². The number of aliphatic hydroxyl groups excluding tert-OH is 1. The van der Waals surface area contributed by atoms with E-state index >= 15 is 0 Å². The normalized spacial score (nSPS) is 25.2. The molecule has 0 radical (unpaired) electrons. The van der Waals surface area contributed by atoms with Gasteiger partial charge in [0, 0.05) is 32.2 Å². The molecule has 1 aromatic rings. The first-order valence-corrected chi connectivity index (χ1v) is 10.5. The van der Waals surface area contributed by atoms with Crippen molar-refractivity contribution in [1.29, 1.82) is 0 Å². The summed E-state index contributed by atoms with van der Waals surface area (Å²) in [7, 11) is -3.72. The Balaban J connectivity index is 1.93. The van der Waals surface area contributed by atoms with Crippen molar-refractivity contribution in [2.24, 2.45) is 5.92 Å². The number of β-amino-alcohol motifs (C(OH)–C–C–N with tert-alkyl or cyclic N) is 1. The van der Waals surface area contributed by atoms with E-state index in [0.29, 0.717) is 31.9 Å². The van der Waals surface area contributed by atoms with E-state index in [2.05, 4.69) is 0 Å². The number of piperidine rings is 2. The Morgan fingerprint density at radius 1 is 1.19 bits per heavy atom. The highest BCUT2D eigenvalue weighted by molar-refractivity contribution is 7.89. The molecule has 2 saturated heterocycles. The lowest BCUT2D eigenvalue weighted by atomic mass is 9.95. The average Bonchev–Trinajstić information content (AvgIpc) is 2.64. The zero-order valence-corrected chi connectivity index (χ0v) is 15.7. The van der Waals surface area contributed by atoms with E-state index in [4.69, 9.17) is 0 Å². The fourth-order valence-electron chi connectivity index (χ4n) is 3.60. The largest absolute Gasteiger partial charge is 0.391 e. The highest BCUT2D eigenvalue weighted by atomic mass is 32.2. The summed E-state index contributed by atoms with van der Waals surface area (Å²) in [6, 6.07) is 4.10. The van der Waals surface area contributed by atoms with E-state index in [9.17, 15) is 23.6 Å². The van der Waals surface area contributed by atoms with Gasteiger partial charge in [-0.2, -0.15) is 4.31 Å². The molecule has 2 aliphatic rings. The minimum absolute atomic E-state index is 0.0409. The van der Waals surface area contributed by atoms with Gasteiger partial charge in [-0.25, -0.2) is 8.42 Å². The predicted octanol–water partition coefficient (Wildman–Crippen LogP) is 1.98. The van der Waals surface area contributed by atoms with Gasteiger partial charge in [0.25, 0.3) is 5.69 Å². The summed E-state index contributed by atoms with van der Waals surface area (Å²) in [5.74, 6) is 0.143. The summed E-state index contributed by atoms with van der Waals surface area (Å²) < 4.78 is 27.0. The number of aliphatic hydroxyl groups is 1. The minimum Gasteiger partial charge on any atom is -0.391 e. The Kier molecular flexibility index (Phi) is 5.50. The molecule has 3 rings (SSSR count). The van der Waals surface area contributed by atoms with Crippen molar-refractivity contribution in [3.05, 3.63) is 28.3 Å². The van der Waals surface area contributed by atoms with Crippen LogP contribution in [0.3, 0.4) is 0 Å². The van der Waals surface area contributed by atoms with E-state index in [0.717, 1.165) is 31.7 Å². The standard InChI is InChI=1S/C17H25N3O5S/c1-13-7-10-18(12-17(13)21)15-6-5-14(11-16(15)20(22)23)26(24,25)19-8-3-2-4-9-19/h5-6,11,13,17,21H,2-4,7-10,12H2,1H3. The van der Waals surface area contributed by atoms with E-state index in [1.54, 1.807) is 4.90 Å². The summed E-state index contributed by atoms with van der Waals surface area (Å²) in [4.78, 5) is 12.8. The Morgan fingerprint density at radius 3 is 2.50 bits per heavy atom. The van der Waals surface area contributed by atoms with Crippen LogP contribution in [-0.2, 0) is 10.0 Å². The highest BCUT2D eigenvalue weighted by Crippen LogP contribution is 2.34. The third-order valence-corrected chi connectivity index (χ3v) is 7.25. The second-order valence-electron chi connectivity index (χ2n) is 7.15. The Hall–Kier alpha value is -1.71. The fraction of sp³-hybridized carbons (Fsp3) is 0.647. The van der Waals surface area contributed by atoms with Crippen LogP contribution >= 0.6 is 0 Å². The van der Waals surface area contributed by atoms with Crippen molar-refractivity contribution in [3.63, 3.8) is 0 Å². The van der Waals surface area contributed by atoms with Crippen LogP contribution in [0, 0.1) is 16.0 Å². The molecule has 1 N–H and O–H groups in total. The minimum atomic E-state index is -3.72. The number of hydrogen-bond acceptors (Lipinski definition) is 6. The van der Waals surface area contributed by atoms with Crippen molar-refractivity contribution in [2.75, 3.05) is 31.1 Å². The molecule has 8 nitrogen and oxygen atoms in total. The smallest absolute Gasteiger partial charge is 0.293 e. The van der Waals surface area contributed by atoms with Gasteiger partial charge in [0.15, 0.2) is 0 Å². The molecule has 0 amide bonds. The van der Waals surface area contributed by atoms with E-state index in [1.807, 2.05) is 6.92 Å². The first-order valence-electron chi connectivity index (χ1n) is 9.02. The molecule has 0 aromatic heterocycles. The van der Waals surface area contributed by atoms with Gasteiger partial charge >= 0.3 is 0 Å². The summed E-state index contributed by atoms with van der Waals surface area (Å²) in [5, 5.41) is 21.7. The highest BCUT2D eigenvalue weighted by Gasteiger charge is 2.32. The van der Waals surface area contributed by atoms with Gasteiger partial charge in [-0.05, 0) is 37.3 Å². The molecule has 1 aromatic carbocycles. The van der Waals surface area contributed by atoms with Crippen molar-refractivity contribution in [1.82, 2.24) is 4.31 Å². The van der Waals surface area contributed by atoms with Gasteiger partial charge in [0.1, 0.15) is 5.69 Å². The summed E-state index contributed by atoms with van der Waals surface area (Å²) in [5.41, 5.74) is 0.128. The molecular formula is C17H25N3O5S. The topological polar surface area (TPSA) is 104 Å². The van der Waals surface area contributed by atoms with Crippen molar-refractivity contribution >= 4 is 21.4 Å². The zero-order chi connectivity index (χ0) is 18.9. The molecule has 2 fully saturated rings. The molecular weight excluding hydrogens is 358 g/mol. The number of hydrogen-bond donors (Lipinski definition) is 1. The third-order valence-electron chi connectivity index (χ3n) is 5.36. The predicted molar refractivity (Wildman–Crippen MR) is 97.7 cm³/mol.